The van der Waals surface area contributed by atoms with E-state index in [1.807, 2.05) is 0 Å². The van der Waals surface area contributed by atoms with Crippen molar-refractivity contribution >= 4 is 26.7 Å². The average molecular weight is 298 g/mol. The van der Waals surface area contributed by atoms with Gasteiger partial charge in [0.25, 0.3) is 10.1 Å². The summed E-state index contributed by atoms with van der Waals surface area (Å²) in [6, 6.07) is 6.59. The van der Waals surface area contributed by atoms with Crippen LogP contribution in [-0.2, 0) is 27.5 Å². The predicted molar refractivity (Wildman–Crippen MR) is 74.1 cm³/mol. The van der Waals surface area contributed by atoms with Gasteiger partial charge in [0, 0.05) is 23.1 Å². The number of fused-ring (bicyclic) bond motifs is 1. The lowest BCUT2D eigenvalue weighted by atomic mass is 10.2. The Hall–Kier alpha value is -1.77. The van der Waals surface area contributed by atoms with Crippen molar-refractivity contribution in [1.29, 1.82) is 0 Å². The highest BCUT2D eigenvalue weighted by atomic mass is 32.2. The highest BCUT2D eigenvalue weighted by molar-refractivity contribution is 7.85. The topological polar surface area (TPSA) is 98.0 Å². The van der Waals surface area contributed by atoms with E-state index in [9.17, 15) is 18.4 Å². The molecule has 0 aliphatic rings. The monoisotopic (exact) mass is 298 g/mol. The zero-order valence-electron chi connectivity index (χ0n) is 10.8. The maximum absolute atomic E-state index is 10.9. The summed E-state index contributed by atoms with van der Waals surface area (Å²) in [6.07, 6.45) is 0.982. The van der Waals surface area contributed by atoms with Gasteiger partial charge >= 0.3 is 0 Å². The Morgan fingerprint density at radius 2 is 2.10 bits per heavy atom. The maximum Gasteiger partial charge on any atom is 0.264 e. The van der Waals surface area contributed by atoms with Gasteiger partial charge in [-0.15, -0.1) is 4.91 Å². The molecule has 0 aliphatic heterocycles. The zero-order valence-corrected chi connectivity index (χ0v) is 11.6. The number of aromatic nitrogens is 1. The van der Waals surface area contributed by atoms with E-state index < -0.39 is 10.1 Å². The second kappa shape index (κ2) is 5.70. The van der Waals surface area contributed by atoms with E-state index in [0.29, 0.717) is 11.4 Å². The van der Waals surface area contributed by atoms with Crippen LogP contribution in [0.2, 0.25) is 0 Å². The zero-order chi connectivity index (χ0) is 14.8. The lowest BCUT2D eigenvalue weighted by Crippen LogP contribution is -2.12. The van der Waals surface area contributed by atoms with Gasteiger partial charge in [0.05, 0.1) is 19.5 Å². The molecule has 7 nitrogen and oxygen atoms in total. The molecule has 0 bridgehead atoms. The van der Waals surface area contributed by atoms with E-state index in [4.69, 9.17) is 4.18 Å². The third-order valence-corrected chi connectivity index (χ3v) is 3.45. The molecule has 0 unspecified atom stereocenters. The Morgan fingerprint density at radius 3 is 2.70 bits per heavy atom. The molecule has 2 rings (SSSR count). The molecule has 1 N–H and O–H groups in total. The molecule has 0 radical (unpaired) electrons. The average Bonchev–Trinajstić information content (AvgIpc) is 2.74. The van der Waals surface area contributed by atoms with Crippen LogP contribution >= 0.6 is 0 Å². The lowest BCUT2D eigenvalue weighted by Gasteiger charge is -2.09. The molecule has 0 saturated carbocycles. The molecule has 0 spiro atoms. The lowest BCUT2D eigenvalue weighted by molar-refractivity contribution is 0.262. The quantitative estimate of drug-likeness (QED) is 0.644. The number of aliphatic hydroxyl groups is 1. The summed E-state index contributed by atoms with van der Waals surface area (Å²) in [5, 5.41) is 12.9. The van der Waals surface area contributed by atoms with Crippen molar-refractivity contribution in [2.24, 2.45) is 5.18 Å². The van der Waals surface area contributed by atoms with Crippen LogP contribution in [0.4, 0.5) is 5.69 Å². The molecule has 1 aromatic carbocycles. The summed E-state index contributed by atoms with van der Waals surface area (Å²) < 4.78 is 28.3. The van der Waals surface area contributed by atoms with E-state index in [1.165, 1.54) is 0 Å². The van der Waals surface area contributed by atoms with E-state index >= 15 is 0 Å². The van der Waals surface area contributed by atoms with Crippen LogP contribution in [0.15, 0.2) is 29.4 Å². The fourth-order valence-electron chi connectivity index (χ4n) is 2.05. The summed E-state index contributed by atoms with van der Waals surface area (Å²) in [6.45, 7) is 0.0566. The van der Waals surface area contributed by atoms with E-state index in [0.717, 1.165) is 17.2 Å². The van der Waals surface area contributed by atoms with Crippen molar-refractivity contribution in [3.8, 4) is 0 Å². The van der Waals surface area contributed by atoms with Crippen LogP contribution in [-0.4, -0.2) is 31.0 Å². The number of nitrogens with zero attached hydrogens (tertiary/aromatic N) is 2. The van der Waals surface area contributed by atoms with E-state index in [2.05, 4.69) is 5.18 Å². The first-order valence-electron chi connectivity index (χ1n) is 5.85. The van der Waals surface area contributed by atoms with E-state index in [-0.39, 0.29) is 19.8 Å². The van der Waals surface area contributed by atoms with Crippen molar-refractivity contribution in [2.45, 2.75) is 13.2 Å². The van der Waals surface area contributed by atoms with Crippen molar-refractivity contribution in [3.05, 3.63) is 34.9 Å². The Bertz CT molecular complexity index is 736. The van der Waals surface area contributed by atoms with Gasteiger partial charge in [0.1, 0.15) is 5.69 Å². The van der Waals surface area contributed by atoms with Crippen molar-refractivity contribution in [1.82, 2.24) is 4.57 Å². The highest BCUT2D eigenvalue weighted by Crippen LogP contribution is 2.25. The first-order chi connectivity index (χ1) is 9.44. The van der Waals surface area contributed by atoms with Gasteiger partial charge in [-0.05, 0) is 29.4 Å². The molecular weight excluding hydrogens is 284 g/mol. The normalized spacial score (nSPS) is 11.9. The molecule has 0 atom stereocenters. The van der Waals surface area contributed by atoms with Gasteiger partial charge in [0.15, 0.2) is 0 Å². The van der Waals surface area contributed by atoms with E-state index in [1.54, 1.807) is 28.8 Å². The smallest absolute Gasteiger partial charge is 0.264 e. The first-order valence-corrected chi connectivity index (χ1v) is 7.67. The molecule has 8 heteroatoms. The Morgan fingerprint density at radius 1 is 1.35 bits per heavy atom. The second-order valence-electron chi connectivity index (χ2n) is 4.31. The first kappa shape index (κ1) is 14.6. The summed E-state index contributed by atoms with van der Waals surface area (Å²) in [5.74, 6) is 0. The number of rotatable bonds is 6. The van der Waals surface area contributed by atoms with Crippen LogP contribution < -0.4 is 0 Å². The minimum atomic E-state index is -3.49. The predicted octanol–water partition coefficient (Wildman–Crippen LogP) is 1.51. The Labute approximate surface area is 115 Å². The summed E-state index contributed by atoms with van der Waals surface area (Å²) in [5.41, 5.74) is 1.69. The molecule has 108 valence electrons. The van der Waals surface area contributed by atoms with Gasteiger partial charge in [-0.3, -0.25) is 4.18 Å². The van der Waals surface area contributed by atoms with Crippen LogP contribution in [0.3, 0.4) is 0 Å². The van der Waals surface area contributed by atoms with Gasteiger partial charge in [-0.2, -0.15) is 8.42 Å². The van der Waals surface area contributed by atoms with Crippen LogP contribution in [0, 0.1) is 4.91 Å². The van der Waals surface area contributed by atoms with Gasteiger partial charge in [0.2, 0.25) is 0 Å². The standard InChI is InChI=1S/C12H14N2O5S/c1-20(17,18)19-5-4-14-11(8-15)7-9-6-10(13-16)2-3-12(9)14/h2-3,6-7,15H,4-5,8H2,1H3. The van der Waals surface area contributed by atoms with Gasteiger partial charge < -0.3 is 9.67 Å². The SMILES string of the molecule is CS(=O)(=O)OCCn1c(CO)cc2cc(N=O)ccc21. The summed E-state index contributed by atoms with van der Waals surface area (Å²) in [7, 11) is -3.49. The third-order valence-electron chi connectivity index (χ3n) is 2.85. The maximum atomic E-state index is 10.9. The number of hydrogen-bond donors (Lipinski definition) is 1. The number of aliphatic hydroxyl groups excluding tert-OH is 1. The van der Waals surface area contributed by atoms with Gasteiger partial charge in [-0.1, -0.05) is 0 Å². The number of nitroso groups, excluding NO2 is 1. The fraction of sp³-hybridized carbons (Fsp3) is 0.333. The van der Waals surface area contributed by atoms with Crippen molar-refractivity contribution in [2.75, 3.05) is 12.9 Å². The fourth-order valence-corrected chi connectivity index (χ4v) is 2.42. The molecule has 1 aromatic heterocycles. The van der Waals surface area contributed by atoms with Crippen LogP contribution in [0.25, 0.3) is 10.9 Å². The number of hydrogen-bond acceptors (Lipinski definition) is 6. The highest BCUT2D eigenvalue weighted by Gasteiger charge is 2.10. The number of benzene rings is 1. The Balaban J connectivity index is 2.33. The molecule has 2 aromatic rings. The molecule has 0 saturated heterocycles. The van der Waals surface area contributed by atoms with Crippen LogP contribution in [0.1, 0.15) is 5.69 Å². The van der Waals surface area contributed by atoms with Crippen LogP contribution in [0.5, 0.6) is 0 Å². The second-order valence-corrected chi connectivity index (χ2v) is 5.95. The molecule has 0 fully saturated rings. The molecular formula is C12H14N2O5S. The van der Waals surface area contributed by atoms with Crippen molar-refractivity contribution < 1.29 is 17.7 Å². The third kappa shape index (κ3) is 3.21. The molecule has 0 aliphatic carbocycles. The minimum Gasteiger partial charge on any atom is -0.390 e. The minimum absolute atomic E-state index is 0.0245. The van der Waals surface area contributed by atoms with Gasteiger partial charge in [-0.25, -0.2) is 0 Å². The molecule has 20 heavy (non-hydrogen) atoms. The molecule has 1 heterocycles. The Kier molecular flexibility index (Phi) is 4.17. The van der Waals surface area contributed by atoms with Crippen molar-refractivity contribution in [3.63, 3.8) is 0 Å². The summed E-state index contributed by atoms with van der Waals surface area (Å²) in [4.78, 5) is 10.5. The summed E-state index contributed by atoms with van der Waals surface area (Å²) >= 11 is 0. The molecule has 0 amide bonds. The largest absolute Gasteiger partial charge is 0.390 e.